The first-order valence-corrected chi connectivity index (χ1v) is 6.65. The zero-order chi connectivity index (χ0) is 12.0. The van der Waals surface area contributed by atoms with Crippen LogP contribution < -0.4 is 0 Å². The SMILES string of the molecule is Fc1ccc(CC(Cl)C2CC3CC3C2)c(F)c1. The van der Waals surface area contributed by atoms with Crippen LogP contribution in [0.4, 0.5) is 8.78 Å². The van der Waals surface area contributed by atoms with Gasteiger partial charge in [-0.15, -0.1) is 11.6 Å². The predicted octanol–water partition coefficient (Wildman–Crippen LogP) is 4.16. The molecule has 2 aliphatic carbocycles. The molecule has 0 nitrogen and oxygen atoms in total. The number of rotatable bonds is 3. The molecule has 2 fully saturated rings. The van der Waals surface area contributed by atoms with E-state index in [-0.39, 0.29) is 5.38 Å². The van der Waals surface area contributed by atoms with E-state index in [4.69, 9.17) is 11.6 Å². The topological polar surface area (TPSA) is 0 Å². The second-order valence-electron chi connectivity index (χ2n) is 5.44. The Bertz CT molecular complexity index is 422. The minimum atomic E-state index is -0.528. The molecule has 3 rings (SSSR count). The highest BCUT2D eigenvalue weighted by Gasteiger charge is 2.47. The lowest BCUT2D eigenvalue weighted by molar-refractivity contribution is 0.454. The number of hydrogen-bond acceptors (Lipinski definition) is 0. The second-order valence-corrected chi connectivity index (χ2v) is 6.00. The summed E-state index contributed by atoms with van der Waals surface area (Å²) >= 11 is 6.36. The zero-order valence-electron chi connectivity index (χ0n) is 9.50. The third-order valence-corrected chi connectivity index (χ3v) is 4.73. The largest absolute Gasteiger partial charge is 0.207 e. The van der Waals surface area contributed by atoms with E-state index in [1.807, 2.05) is 0 Å². The molecule has 0 aromatic heterocycles. The molecular formula is C14H15ClF2. The summed E-state index contributed by atoms with van der Waals surface area (Å²) in [4.78, 5) is 0. The van der Waals surface area contributed by atoms with Crippen molar-refractivity contribution in [1.82, 2.24) is 0 Å². The van der Waals surface area contributed by atoms with Crippen molar-refractivity contribution in [3.8, 4) is 0 Å². The van der Waals surface area contributed by atoms with Gasteiger partial charge in [-0.1, -0.05) is 6.07 Å². The molecule has 2 aliphatic rings. The van der Waals surface area contributed by atoms with Crippen molar-refractivity contribution >= 4 is 11.6 Å². The smallest absolute Gasteiger partial charge is 0.129 e. The Morgan fingerprint density at radius 3 is 2.53 bits per heavy atom. The van der Waals surface area contributed by atoms with Gasteiger partial charge in [0, 0.05) is 11.4 Å². The van der Waals surface area contributed by atoms with Crippen LogP contribution in [0.25, 0.3) is 0 Å². The maximum absolute atomic E-state index is 13.5. The molecule has 17 heavy (non-hydrogen) atoms. The summed E-state index contributed by atoms with van der Waals surface area (Å²) in [5, 5.41) is -0.0113. The van der Waals surface area contributed by atoms with Crippen LogP contribution in [0.15, 0.2) is 18.2 Å². The van der Waals surface area contributed by atoms with Gasteiger partial charge in [-0.05, 0) is 55.1 Å². The highest BCUT2D eigenvalue weighted by Crippen LogP contribution is 2.56. The van der Waals surface area contributed by atoms with E-state index in [0.29, 0.717) is 17.9 Å². The van der Waals surface area contributed by atoms with E-state index < -0.39 is 11.6 Å². The van der Waals surface area contributed by atoms with E-state index in [1.165, 1.54) is 31.4 Å². The third kappa shape index (κ3) is 2.33. The Hall–Kier alpha value is -0.630. The minimum Gasteiger partial charge on any atom is -0.207 e. The summed E-state index contributed by atoms with van der Waals surface area (Å²) in [7, 11) is 0. The molecule has 1 aromatic carbocycles. The van der Waals surface area contributed by atoms with Gasteiger partial charge in [-0.2, -0.15) is 0 Å². The number of benzene rings is 1. The van der Waals surface area contributed by atoms with E-state index in [0.717, 1.165) is 17.9 Å². The first kappa shape index (κ1) is 11.5. The van der Waals surface area contributed by atoms with Crippen LogP contribution in [0.5, 0.6) is 0 Å². The molecule has 1 aromatic rings. The average Bonchev–Trinajstić information content (AvgIpc) is 2.89. The fraction of sp³-hybridized carbons (Fsp3) is 0.571. The van der Waals surface area contributed by atoms with Crippen molar-refractivity contribution in [2.75, 3.05) is 0 Å². The van der Waals surface area contributed by atoms with Crippen LogP contribution in [-0.4, -0.2) is 5.38 Å². The van der Waals surface area contributed by atoms with Crippen molar-refractivity contribution in [3.63, 3.8) is 0 Å². The Labute approximate surface area is 105 Å². The molecule has 0 radical (unpaired) electrons. The summed E-state index contributed by atoms with van der Waals surface area (Å²) in [6.45, 7) is 0. The van der Waals surface area contributed by atoms with E-state index in [9.17, 15) is 8.78 Å². The van der Waals surface area contributed by atoms with Gasteiger partial charge in [0.15, 0.2) is 0 Å². The summed E-state index contributed by atoms with van der Waals surface area (Å²) < 4.78 is 26.3. The number of fused-ring (bicyclic) bond motifs is 1. The lowest BCUT2D eigenvalue weighted by atomic mass is 9.94. The number of hydrogen-bond donors (Lipinski definition) is 0. The molecule has 0 aliphatic heterocycles. The van der Waals surface area contributed by atoms with Gasteiger partial charge in [-0.25, -0.2) is 8.78 Å². The van der Waals surface area contributed by atoms with Crippen molar-refractivity contribution in [2.24, 2.45) is 17.8 Å². The number of halogens is 3. The Morgan fingerprint density at radius 2 is 1.88 bits per heavy atom. The first-order valence-electron chi connectivity index (χ1n) is 6.21. The molecule has 3 heteroatoms. The lowest BCUT2D eigenvalue weighted by Crippen LogP contribution is -2.16. The van der Waals surface area contributed by atoms with Crippen molar-refractivity contribution in [3.05, 3.63) is 35.4 Å². The van der Waals surface area contributed by atoms with Gasteiger partial charge in [0.1, 0.15) is 11.6 Å². The predicted molar refractivity (Wildman–Crippen MR) is 64.0 cm³/mol. The van der Waals surface area contributed by atoms with E-state index in [2.05, 4.69) is 0 Å². The zero-order valence-corrected chi connectivity index (χ0v) is 10.3. The van der Waals surface area contributed by atoms with Crippen LogP contribution in [0, 0.1) is 29.4 Å². The summed E-state index contributed by atoms with van der Waals surface area (Å²) in [6.07, 6.45) is 4.27. The monoisotopic (exact) mass is 256 g/mol. The Morgan fingerprint density at radius 1 is 1.18 bits per heavy atom. The average molecular weight is 257 g/mol. The molecule has 92 valence electrons. The molecule has 0 amide bonds. The molecular weight excluding hydrogens is 242 g/mol. The molecule has 0 bridgehead atoms. The van der Waals surface area contributed by atoms with Crippen LogP contribution in [0.1, 0.15) is 24.8 Å². The number of alkyl halides is 1. The van der Waals surface area contributed by atoms with Gasteiger partial charge in [0.05, 0.1) is 0 Å². The van der Waals surface area contributed by atoms with Crippen LogP contribution in [-0.2, 0) is 6.42 Å². The molecule has 0 spiro atoms. The molecule has 0 saturated heterocycles. The van der Waals surface area contributed by atoms with Crippen LogP contribution in [0.3, 0.4) is 0 Å². The fourth-order valence-electron chi connectivity index (χ4n) is 3.12. The normalized spacial score (nSPS) is 32.3. The summed E-state index contributed by atoms with van der Waals surface area (Å²) in [6, 6.07) is 3.74. The molecule has 2 saturated carbocycles. The molecule has 3 unspecified atom stereocenters. The van der Waals surface area contributed by atoms with Gasteiger partial charge in [-0.3, -0.25) is 0 Å². The lowest BCUT2D eigenvalue weighted by Gasteiger charge is -2.18. The highest BCUT2D eigenvalue weighted by atomic mass is 35.5. The van der Waals surface area contributed by atoms with Crippen molar-refractivity contribution in [2.45, 2.75) is 31.1 Å². The fourth-order valence-corrected chi connectivity index (χ4v) is 3.49. The first-order chi connectivity index (χ1) is 8.13. The second kappa shape index (κ2) is 4.24. The standard InChI is InChI=1S/C14H15ClF2/c15-13(11-4-9-3-10(9)5-11)6-8-1-2-12(16)7-14(8)17/h1-2,7,9-11,13H,3-6H2. The van der Waals surface area contributed by atoms with Gasteiger partial charge in [0.25, 0.3) is 0 Å². The highest BCUT2D eigenvalue weighted by molar-refractivity contribution is 6.21. The van der Waals surface area contributed by atoms with Gasteiger partial charge in [0.2, 0.25) is 0 Å². The summed E-state index contributed by atoms with van der Waals surface area (Å²) in [5.41, 5.74) is 0.534. The van der Waals surface area contributed by atoms with E-state index in [1.54, 1.807) is 0 Å². The maximum Gasteiger partial charge on any atom is 0.129 e. The van der Waals surface area contributed by atoms with Crippen molar-refractivity contribution in [1.29, 1.82) is 0 Å². The quantitative estimate of drug-likeness (QED) is 0.713. The third-order valence-electron chi connectivity index (χ3n) is 4.22. The van der Waals surface area contributed by atoms with Gasteiger partial charge >= 0.3 is 0 Å². The Balaban J connectivity index is 1.65. The minimum absolute atomic E-state index is 0.0113. The van der Waals surface area contributed by atoms with Crippen LogP contribution in [0.2, 0.25) is 0 Å². The maximum atomic E-state index is 13.5. The van der Waals surface area contributed by atoms with Crippen LogP contribution >= 0.6 is 11.6 Å². The molecule has 0 N–H and O–H groups in total. The van der Waals surface area contributed by atoms with Crippen molar-refractivity contribution < 1.29 is 8.78 Å². The summed E-state index contributed by atoms with van der Waals surface area (Å²) in [5.74, 6) is 1.29. The molecule has 3 atom stereocenters. The molecule has 0 heterocycles. The Kier molecular flexibility index (Phi) is 2.86. The van der Waals surface area contributed by atoms with Gasteiger partial charge < -0.3 is 0 Å². The van der Waals surface area contributed by atoms with E-state index >= 15 is 0 Å².